The normalized spacial score (nSPS) is 11.5. The molecule has 14 heavy (non-hydrogen) atoms. The van der Waals surface area contributed by atoms with Crippen LogP contribution < -0.4 is 10.1 Å². The Morgan fingerprint density at radius 3 is 2.50 bits per heavy atom. The average molecular weight is 214 g/mol. The lowest BCUT2D eigenvalue weighted by Crippen LogP contribution is -2.33. The molecule has 2 nitrogen and oxygen atoms in total. The van der Waals surface area contributed by atoms with Crippen LogP contribution in [0.2, 0.25) is 5.02 Å². The van der Waals surface area contributed by atoms with Crippen molar-refractivity contribution in [3.63, 3.8) is 0 Å². The van der Waals surface area contributed by atoms with E-state index >= 15 is 0 Å². The van der Waals surface area contributed by atoms with Gasteiger partial charge in [-0.3, -0.25) is 0 Å². The van der Waals surface area contributed by atoms with E-state index in [2.05, 4.69) is 19.2 Å². The van der Waals surface area contributed by atoms with Gasteiger partial charge in [0.05, 0.1) is 7.11 Å². The van der Waals surface area contributed by atoms with Crippen LogP contribution in [0.25, 0.3) is 0 Å². The van der Waals surface area contributed by atoms with E-state index in [1.807, 2.05) is 25.2 Å². The van der Waals surface area contributed by atoms with Crippen LogP contribution in [-0.4, -0.2) is 14.2 Å². The van der Waals surface area contributed by atoms with E-state index in [0.717, 1.165) is 11.3 Å². The molecule has 0 amide bonds. The van der Waals surface area contributed by atoms with Crippen molar-refractivity contribution in [3.8, 4) is 5.75 Å². The van der Waals surface area contributed by atoms with Gasteiger partial charge in [-0.25, -0.2) is 0 Å². The van der Waals surface area contributed by atoms with Gasteiger partial charge in [-0.1, -0.05) is 17.7 Å². The summed E-state index contributed by atoms with van der Waals surface area (Å²) in [5, 5.41) is 3.92. The molecule has 0 saturated heterocycles. The highest BCUT2D eigenvalue weighted by Crippen LogP contribution is 2.31. The van der Waals surface area contributed by atoms with Gasteiger partial charge in [0.1, 0.15) is 5.75 Å². The van der Waals surface area contributed by atoms with E-state index in [0.29, 0.717) is 5.02 Å². The van der Waals surface area contributed by atoms with Gasteiger partial charge in [0.15, 0.2) is 0 Å². The Kier molecular flexibility index (Phi) is 3.40. The molecule has 1 rings (SSSR count). The predicted octanol–water partition coefficient (Wildman–Crippen LogP) is 2.80. The van der Waals surface area contributed by atoms with Crippen molar-refractivity contribution in [1.29, 1.82) is 0 Å². The molecule has 0 radical (unpaired) electrons. The van der Waals surface area contributed by atoms with Crippen molar-refractivity contribution in [1.82, 2.24) is 5.32 Å². The second kappa shape index (κ2) is 4.20. The van der Waals surface area contributed by atoms with Gasteiger partial charge in [-0.2, -0.15) is 0 Å². The third-order valence-corrected chi connectivity index (χ3v) is 2.70. The fourth-order valence-electron chi connectivity index (χ4n) is 1.32. The summed E-state index contributed by atoms with van der Waals surface area (Å²) in [5.74, 6) is 0.817. The van der Waals surface area contributed by atoms with Crippen LogP contribution in [0, 0.1) is 0 Å². The zero-order valence-corrected chi connectivity index (χ0v) is 9.77. The first-order chi connectivity index (χ1) is 6.51. The van der Waals surface area contributed by atoms with Crippen molar-refractivity contribution in [2.75, 3.05) is 14.2 Å². The summed E-state index contributed by atoms with van der Waals surface area (Å²) in [7, 11) is 3.58. The van der Waals surface area contributed by atoms with Crippen LogP contribution in [0.4, 0.5) is 0 Å². The van der Waals surface area contributed by atoms with Crippen molar-refractivity contribution in [3.05, 3.63) is 28.8 Å². The SMILES string of the molecule is CNC(C)(C)c1ccc(Cl)cc1OC. The van der Waals surface area contributed by atoms with Crippen LogP contribution in [0.3, 0.4) is 0 Å². The molecule has 0 bridgehead atoms. The summed E-state index contributed by atoms with van der Waals surface area (Å²) in [6.07, 6.45) is 0. The Hall–Kier alpha value is -0.730. The molecule has 0 heterocycles. The highest BCUT2D eigenvalue weighted by molar-refractivity contribution is 6.30. The lowest BCUT2D eigenvalue weighted by Gasteiger charge is -2.26. The maximum absolute atomic E-state index is 5.89. The van der Waals surface area contributed by atoms with Crippen LogP contribution in [0.15, 0.2) is 18.2 Å². The summed E-state index contributed by atoms with van der Waals surface area (Å²) in [6.45, 7) is 4.19. The van der Waals surface area contributed by atoms with Crippen LogP contribution >= 0.6 is 11.6 Å². The van der Waals surface area contributed by atoms with Gasteiger partial charge in [0.2, 0.25) is 0 Å². The lowest BCUT2D eigenvalue weighted by atomic mass is 9.94. The number of hydrogen-bond donors (Lipinski definition) is 1. The molecule has 0 aliphatic carbocycles. The monoisotopic (exact) mass is 213 g/mol. The highest BCUT2D eigenvalue weighted by Gasteiger charge is 2.21. The van der Waals surface area contributed by atoms with Gasteiger partial charge >= 0.3 is 0 Å². The summed E-state index contributed by atoms with van der Waals surface area (Å²) >= 11 is 5.89. The number of benzene rings is 1. The smallest absolute Gasteiger partial charge is 0.125 e. The third-order valence-electron chi connectivity index (χ3n) is 2.46. The highest BCUT2D eigenvalue weighted by atomic mass is 35.5. The number of nitrogens with one attached hydrogen (secondary N) is 1. The van der Waals surface area contributed by atoms with E-state index in [1.165, 1.54) is 0 Å². The molecule has 0 atom stereocenters. The molecule has 0 aliphatic heterocycles. The van der Waals surface area contributed by atoms with Gasteiger partial charge in [0.25, 0.3) is 0 Å². The first-order valence-electron chi connectivity index (χ1n) is 4.54. The molecule has 78 valence electrons. The quantitative estimate of drug-likeness (QED) is 0.834. The number of methoxy groups -OCH3 is 1. The minimum atomic E-state index is -0.115. The zero-order chi connectivity index (χ0) is 10.8. The fraction of sp³-hybridized carbons (Fsp3) is 0.455. The Labute approximate surface area is 90.2 Å². The Morgan fingerprint density at radius 2 is 2.00 bits per heavy atom. The molecule has 0 fully saturated rings. The van der Waals surface area contributed by atoms with Crippen molar-refractivity contribution >= 4 is 11.6 Å². The van der Waals surface area contributed by atoms with Crippen LogP contribution in [-0.2, 0) is 5.54 Å². The first kappa shape index (κ1) is 11.3. The molecule has 0 saturated carbocycles. The second-order valence-electron chi connectivity index (χ2n) is 3.72. The fourth-order valence-corrected chi connectivity index (χ4v) is 1.48. The summed E-state index contributed by atoms with van der Waals surface area (Å²) in [5.41, 5.74) is 0.988. The second-order valence-corrected chi connectivity index (χ2v) is 4.16. The molecular formula is C11H16ClNO. The third kappa shape index (κ3) is 2.20. The molecule has 1 aromatic rings. The molecule has 1 aromatic carbocycles. The van der Waals surface area contributed by atoms with E-state index in [4.69, 9.17) is 16.3 Å². The zero-order valence-electron chi connectivity index (χ0n) is 9.02. The van der Waals surface area contributed by atoms with Crippen LogP contribution in [0.5, 0.6) is 5.75 Å². The Morgan fingerprint density at radius 1 is 1.36 bits per heavy atom. The maximum Gasteiger partial charge on any atom is 0.125 e. The average Bonchev–Trinajstić information content (AvgIpc) is 2.17. The summed E-state index contributed by atoms with van der Waals surface area (Å²) < 4.78 is 5.29. The summed E-state index contributed by atoms with van der Waals surface area (Å²) in [6, 6.07) is 5.69. The van der Waals surface area contributed by atoms with E-state index in [1.54, 1.807) is 7.11 Å². The molecule has 3 heteroatoms. The van der Waals surface area contributed by atoms with Crippen LogP contribution in [0.1, 0.15) is 19.4 Å². The molecular weight excluding hydrogens is 198 g/mol. The molecule has 0 spiro atoms. The standard InChI is InChI=1S/C11H16ClNO/c1-11(2,13-3)9-6-5-8(12)7-10(9)14-4/h5-7,13H,1-4H3. The lowest BCUT2D eigenvalue weighted by molar-refractivity contribution is 0.375. The van der Waals surface area contributed by atoms with E-state index < -0.39 is 0 Å². The summed E-state index contributed by atoms with van der Waals surface area (Å²) in [4.78, 5) is 0. The Balaban J connectivity index is 3.20. The van der Waals surface area contributed by atoms with Crippen molar-refractivity contribution in [2.24, 2.45) is 0 Å². The van der Waals surface area contributed by atoms with Crippen molar-refractivity contribution < 1.29 is 4.74 Å². The van der Waals surface area contributed by atoms with Gasteiger partial charge in [-0.15, -0.1) is 0 Å². The predicted molar refractivity (Wildman–Crippen MR) is 60.1 cm³/mol. The first-order valence-corrected chi connectivity index (χ1v) is 4.92. The number of ether oxygens (including phenoxy) is 1. The molecule has 1 N–H and O–H groups in total. The minimum absolute atomic E-state index is 0.115. The Bertz CT molecular complexity index is 323. The number of rotatable bonds is 3. The molecule has 0 aromatic heterocycles. The topological polar surface area (TPSA) is 21.3 Å². The van der Waals surface area contributed by atoms with E-state index in [9.17, 15) is 0 Å². The molecule has 0 aliphatic rings. The maximum atomic E-state index is 5.89. The van der Waals surface area contributed by atoms with Gasteiger partial charge < -0.3 is 10.1 Å². The van der Waals surface area contributed by atoms with Crippen molar-refractivity contribution in [2.45, 2.75) is 19.4 Å². The van der Waals surface area contributed by atoms with Gasteiger partial charge in [0, 0.05) is 16.1 Å². The van der Waals surface area contributed by atoms with Gasteiger partial charge in [-0.05, 0) is 33.0 Å². The molecule has 0 unspecified atom stereocenters. The minimum Gasteiger partial charge on any atom is -0.496 e. The largest absolute Gasteiger partial charge is 0.496 e. The number of halogens is 1. The number of hydrogen-bond acceptors (Lipinski definition) is 2. The van der Waals surface area contributed by atoms with E-state index in [-0.39, 0.29) is 5.54 Å².